The van der Waals surface area contributed by atoms with Crippen molar-refractivity contribution in [2.45, 2.75) is 6.92 Å². The van der Waals surface area contributed by atoms with Gasteiger partial charge in [-0.15, -0.1) is 11.3 Å². The minimum Gasteiger partial charge on any atom is -0.320 e. The Kier molecular flexibility index (Phi) is 4.56. The van der Waals surface area contributed by atoms with Gasteiger partial charge in [0, 0.05) is 23.6 Å². The lowest BCUT2D eigenvalue weighted by atomic mass is 10.1. The number of nitrogens with zero attached hydrogens (tertiary/aromatic N) is 3. The van der Waals surface area contributed by atoms with Gasteiger partial charge in [0.05, 0.1) is 22.1 Å². The molecule has 0 radical (unpaired) electrons. The molecule has 134 valence electrons. The molecule has 0 atom stereocenters. The van der Waals surface area contributed by atoms with Crippen molar-refractivity contribution in [1.29, 1.82) is 0 Å². The number of carbonyl (C=O) groups excluding carboxylic acids is 1. The summed E-state index contributed by atoms with van der Waals surface area (Å²) in [7, 11) is 1.77. The van der Waals surface area contributed by atoms with Crippen LogP contribution in [0.3, 0.4) is 0 Å². The number of para-hydroxylation sites is 1. The molecule has 1 amide bonds. The quantitative estimate of drug-likeness (QED) is 0.560. The van der Waals surface area contributed by atoms with Gasteiger partial charge < -0.3 is 5.32 Å². The number of hydrogen-bond acceptors (Lipinski definition) is 4. The smallest absolute Gasteiger partial charge is 0.273 e. The molecule has 5 nitrogen and oxygen atoms in total. The summed E-state index contributed by atoms with van der Waals surface area (Å²) in [5.41, 5.74) is 4.74. The van der Waals surface area contributed by atoms with Gasteiger partial charge in [-0.25, -0.2) is 4.98 Å². The summed E-state index contributed by atoms with van der Waals surface area (Å²) >= 11 is 1.59. The van der Waals surface area contributed by atoms with E-state index in [0.717, 1.165) is 33.2 Å². The highest BCUT2D eigenvalue weighted by Crippen LogP contribution is 2.29. The molecule has 2 aromatic heterocycles. The summed E-state index contributed by atoms with van der Waals surface area (Å²) in [6.45, 7) is 1.97. The number of anilines is 1. The minimum atomic E-state index is -0.202. The third-order valence-corrected chi connectivity index (χ3v) is 5.03. The molecule has 0 unspecified atom stereocenters. The second kappa shape index (κ2) is 7.17. The van der Waals surface area contributed by atoms with Gasteiger partial charge >= 0.3 is 0 Å². The average Bonchev–Trinajstić information content (AvgIpc) is 3.29. The van der Waals surface area contributed by atoms with Crippen molar-refractivity contribution in [2.24, 2.45) is 7.05 Å². The number of aryl methyl sites for hydroxylation is 2. The summed E-state index contributed by atoms with van der Waals surface area (Å²) in [4.78, 5) is 17.4. The molecule has 0 bridgehead atoms. The van der Waals surface area contributed by atoms with Gasteiger partial charge in [0.1, 0.15) is 5.69 Å². The van der Waals surface area contributed by atoms with Gasteiger partial charge in [-0.1, -0.05) is 48.5 Å². The van der Waals surface area contributed by atoms with Gasteiger partial charge in [-0.3, -0.25) is 9.48 Å². The van der Waals surface area contributed by atoms with E-state index < -0.39 is 0 Å². The molecule has 0 aliphatic carbocycles. The highest BCUT2D eigenvalue weighted by Gasteiger charge is 2.16. The van der Waals surface area contributed by atoms with E-state index in [4.69, 9.17) is 0 Å². The summed E-state index contributed by atoms with van der Waals surface area (Å²) in [6.07, 6.45) is 0. The second-order valence-corrected chi connectivity index (χ2v) is 7.22. The number of benzene rings is 2. The lowest BCUT2D eigenvalue weighted by Crippen LogP contribution is -2.16. The molecular weight excluding hydrogens is 356 g/mol. The van der Waals surface area contributed by atoms with Gasteiger partial charge in [0.15, 0.2) is 0 Å². The number of amides is 1. The molecule has 0 saturated carbocycles. The number of hydrogen-bond donors (Lipinski definition) is 1. The van der Waals surface area contributed by atoms with Crippen LogP contribution in [0.4, 0.5) is 5.69 Å². The third kappa shape index (κ3) is 3.52. The molecule has 0 aliphatic rings. The maximum absolute atomic E-state index is 12.9. The van der Waals surface area contributed by atoms with Crippen LogP contribution in [0.2, 0.25) is 0 Å². The predicted octanol–water partition coefficient (Wildman–Crippen LogP) is 4.77. The Morgan fingerprint density at radius 2 is 1.78 bits per heavy atom. The first-order valence-electron chi connectivity index (χ1n) is 8.54. The first-order chi connectivity index (χ1) is 13.1. The van der Waals surface area contributed by atoms with Crippen LogP contribution < -0.4 is 5.32 Å². The highest BCUT2D eigenvalue weighted by atomic mass is 32.1. The Balaban J connectivity index is 1.63. The minimum absolute atomic E-state index is 0.202. The molecule has 0 saturated heterocycles. The molecule has 2 heterocycles. The van der Waals surface area contributed by atoms with E-state index in [-0.39, 0.29) is 5.91 Å². The largest absolute Gasteiger partial charge is 0.320 e. The molecule has 27 heavy (non-hydrogen) atoms. The lowest BCUT2D eigenvalue weighted by molar-refractivity contribution is 0.101. The van der Waals surface area contributed by atoms with E-state index in [9.17, 15) is 4.79 Å². The lowest BCUT2D eigenvalue weighted by Gasteiger charge is -2.09. The van der Waals surface area contributed by atoms with Crippen LogP contribution in [0.5, 0.6) is 0 Å². The Morgan fingerprint density at radius 1 is 1.04 bits per heavy atom. The topological polar surface area (TPSA) is 59.8 Å². The first kappa shape index (κ1) is 17.2. The predicted molar refractivity (Wildman–Crippen MR) is 109 cm³/mol. The SMILES string of the molecule is Cc1nc(-c2ccccc2NC(=O)c2cc(-c3ccccc3)nn2C)cs1. The van der Waals surface area contributed by atoms with Gasteiger partial charge in [-0.2, -0.15) is 5.10 Å². The van der Waals surface area contributed by atoms with E-state index in [2.05, 4.69) is 15.4 Å². The van der Waals surface area contributed by atoms with Gasteiger partial charge in [0.25, 0.3) is 5.91 Å². The summed E-state index contributed by atoms with van der Waals surface area (Å²) < 4.78 is 1.60. The number of nitrogens with one attached hydrogen (secondary N) is 1. The highest BCUT2D eigenvalue weighted by molar-refractivity contribution is 7.09. The summed E-state index contributed by atoms with van der Waals surface area (Å²) in [5.74, 6) is -0.202. The van der Waals surface area contributed by atoms with Crippen LogP contribution in [0.1, 0.15) is 15.5 Å². The molecule has 0 aliphatic heterocycles. The molecule has 4 rings (SSSR count). The van der Waals surface area contributed by atoms with Crippen LogP contribution in [0.25, 0.3) is 22.5 Å². The maximum atomic E-state index is 12.9. The van der Waals surface area contributed by atoms with Crippen molar-refractivity contribution < 1.29 is 4.79 Å². The standard InChI is InChI=1S/C21H18N4OS/c1-14-22-19(13-27-14)16-10-6-7-11-17(16)23-21(26)20-12-18(24-25(20)2)15-8-4-3-5-9-15/h3-13H,1-2H3,(H,23,26). The fraction of sp³-hybridized carbons (Fsp3) is 0.0952. The second-order valence-electron chi connectivity index (χ2n) is 6.16. The molecule has 6 heteroatoms. The van der Waals surface area contributed by atoms with Crippen molar-refractivity contribution in [3.63, 3.8) is 0 Å². The zero-order chi connectivity index (χ0) is 18.8. The Labute approximate surface area is 161 Å². The first-order valence-corrected chi connectivity index (χ1v) is 9.42. The van der Waals surface area contributed by atoms with Crippen LogP contribution in [-0.4, -0.2) is 20.7 Å². The third-order valence-electron chi connectivity index (χ3n) is 4.25. The number of rotatable bonds is 4. The van der Waals surface area contributed by atoms with Crippen molar-refractivity contribution in [3.05, 3.63) is 76.7 Å². The molecule has 4 aromatic rings. The van der Waals surface area contributed by atoms with E-state index in [0.29, 0.717) is 5.69 Å². The molecule has 1 N–H and O–H groups in total. The average molecular weight is 374 g/mol. The number of carbonyl (C=O) groups is 1. The fourth-order valence-corrected chi connectivity index (χ4v) is 3.53. The molecular formula is C21H18N4OS. The van der Waals surface area contributed by atoms with E-state index in [1.807, 2.05) is 66.9 Å². The van der Waals surface area contributed by atoms with E-state index in [1.165, 1.54) is 0 Å². The van der Waals surface area contributed by atoms with Gasteiger partial charge in [-0.05, 0) is 19.1 Å². The molecule has 0 fully saturated rings. The van der Waals surface area contributed by atoms with E-state index >= 15 is 0 Å². The molecule has 0 spiro atoms. The van der Waals surface area contributed by atoms with Crippen molar-refractivity contribution in [3.8, 4) is 22.5 Å². The van der Waals surface area contributed by atoms with Crippen molar-refractivity contribution in [1.82, 2.24) is 14.8 Å². The van der Waals surface area contributed by atoms with Crippen molar-refractivity contribution in [2.75, 3.05) is 5.32 Å². The van der Waals surface area contributed by atoms with Crippen LogP contribution in [0, 0.1) is 6.92 Å². The Bertz CT molecular complexity index is 1100. The zero-order valence-corrected chi connectivity index (χ0v) is 15.8. The number of aromatic nitrogens is 3. The number of thiazole rings is 1. The Morgan fingerprint density at radius 3 is 2.52 bits per heavy atom. The zero-order valence-electron chi connectivity index (χ0n) is 15.0. The van der Waals surface area contributed by atoms with Crippen LogP contribution >= 0.6 is 11.3 Å². The van der Waals surface area contributed by atoms with E-state index in [1.54, 1.807) is 29.1 Å². The van der Waals surface area contributed by atoms with Crippen LogP contribution in [-0.2, 0) is 7.05 Å². The summed E-state index contributed by atoms with van der Waals surface area (Å²) in [5, 5.41) is 10.5. The maximum Gasteiger partial charge on any atom is 0.273 e. The monoisotopic (exact) mass is 374 g/mol. The Hall–Kier alpha value is -3.25. The van der Waals surface area contributed by atoms with Crippen LogP contribution in [0.15, 0.2) is 66.0 Å². The molecule has 2 aromatic carbocycles. The van der Waals surface area contributed by atoms with Gasteiger partial charge in [0.2, 0.25) is 0 Å². The fourth-order valence-electron chi connectivity index (χ4n) is 2.92. The van der Waals surface area contributed by atoms with Crippen molar-refractivity contribution >= 4 is 22.9 Å². The summed E-state index contributed by atoms with van der Waals surface area (Å²) in [6, 6.07) is 19.3. The normalized spacial score (nSPS) is 10.7.